The monoisotopic (exact) mass is 435 g/mol. The van der Waals surface area contributed by atoms with Crippen LogP contribution in [-0.4, -0.2) is 56.1 Å². The normalized spacial score (nSPS) is 23.2. The lowest BCUT2D eigenvalue weighted by atomic mass is 9.96. The Morgan fingerprint density at radius 3 is 2.59 bits per heavy atom. The van der Waals surface area contributed by atoms with Gasteiger partial charge in [-0.25, -0.2) is 0 Å². The molecule has 7 heteroatoms. The zero-order valence-electron chi connectivity index (χ0n) is 15.5. The summed E-state index contributed by atoms with van der Waals surface area (Å²) in [4.78, 5) is 29.5. The summed E-state index contributed by atoms with van der Waals surface area (Å²) < 4.78 is 6.38. The fourth-order valence-electron chi connectivity index (χ4n) is 3.90. The summed E-state index contributed by atoms with van der Waals surface area (Å²) in [5.74, 6) is 0.322. The standard InChI is InChI=1S/C20H26BrN3O3/c21-16-5-6-18(23-8-10-27-11-9-23)17(12-16)22-19(25)15-2-1-7-24(13-15)20(26)14-3-4-14/h5-6,12,14-15H,1-4,7-11,13H2,(H,22,25). The van der Waals surface area contributed by atoms with E-state index in [1.54, 1.807) is 0 Å². The number of benzene rings is 1. The molecule has 2 aliphatic heterocycles. The van der Waals surface area contributed by atoms with Gasteiger partial charge < -0.3 is 19.9 Å². The number of nitrogens with one attached hydrogen (secondary N) is 1. The molecule has 146 valence electrons. The molecule has 2 amide bonds. The molecule has 0 aromatic heterocycles. The second-order valence-corrected chi connectivity index (χ2v) is 8.56. The van der Waals surface area contributed by atoms with Crippen LogP contribution in [0, 0.1) is 11.8 Å². The number of anilines is 2. The molecule has 6 nitrogen and oxygen atoms in total. The minimum atomic E-state index is -0.141. The first-order valence-corrected chi connectivity index (χ1v) is 10.6. The van der Waals surface area contributed by atoms with Gasteiger partial charge in [-0.2, -0.15) is 0 Å². The van der Waals surface area contributed by atoms with E-state index in [0.717, 1.165) is 61.2 Å². The van der Waals surface area contributed by atoms with Crippen molar-refractivity contribution in [1.82, 2.24) is 4.90 Å². The van der Waals surface area contributed by atoms with E-state index in [2.05, 4.69) is 26.1 Å². The van der Waals surface area contributed by atoms with Crippen LogP contribution in [0.3, 0.4) is 0 Å². The zero-order chi connectivity index (χ0) is 18.8. The van der Waals surface area contributed by atoms with Crippen molar-refractivity contribution in [2.24, 2.45) is 11.8 Å². The Hall–Kier alpha value is -1.60. The first-order valence-electron chi connectivity index (χ1n) is 9.84. The number of morpholine rings is 1. The Morgan fingerprint density at radius 2 is 1.85 bits per heavy atom. The molecule has 3 aliphatic rings. The Balaban J connectivity index is 1.45. The second kappa shape index (κ2) is 8.19. The summed E-state index contributed by atoms with van der Waals surface area (Å²) in [6, 6.07) is 5.99. The molecule has 2 saturated heterocycles. The number of carbonyl (C=O) groups excluding carboxylic acids is 2. The van der Waals surface area contributed by atoms with Crippen LogP contribution < -0.4 is 10.2 Å². The van der Waals surface area contributed by atoms with Crippen LogP contribution in [0.15, 0.2) is 22.7 Å². The van der Waals surface area contributed by atoms with Crippen molar-refractivity contribution in [3.05, 3.63) is 22.7 Å². The fraction of sp³-hybridized carbons (Fsp3) is 0.600. The summed E-state index contributed by atoms with van der Waals surface area (Å²) in [6.45, 7) is 4.36. The number of rotatable bonds is 4. The van der Waals surface area contributed by atoms with Gasteiger partial charge >= 0.3 is 0 Å². The van der Waals surface area contributed by atoms with Gasteiger partial charge in [0, 0.05) is 36.6 Å². The maximum Gasteiger partial charge on any atom is 0.229 e. The minimum absolute atomic E-state index is 0.0101. The third kappa shape index (κ3) is 4.46. The van der Waals surface area contributed by atoms with Crippen molar-refractivity contribution in [1.29, 1.82) is 0 Å². The van der Waals surface area contributed by atoms with Crippen LogP contribution in [0.25, 0.3) is 0 Å². The van der Waals surface area contributed by atoms with Crippen LogP contribution in [0.5, 0.6) is 0 Å². The number of ether oxygens (including phenoxy) is 1. The quantitative estimate of drug-likeness (QED) is 0.789. The number of hydrogen-bond acceptors (Lipinski definition) is 4. The van der Waals surface area contributed by atoms with E-state index in [9.17, 15) is 9.59 Å². The molecule has 0 bridgehead atoms. The molecular weight excluding hydrogens is 410 g/mol. The average Bonchev–Trinajstić information content (AvgIpc) is 3.53. The van der Waals surface area contributed by atoms with Gasteiger partial charge in [0.25, 0.3) is 0 Å². The third-order valence-electron chi connectivity index (χ3n) is 5.60. The maximum atomic E-state index is 13.0. The van der Waals surface area contributed by atoms with Gasteiger partial charge in [-0.05, 0) is 43.9 Å². The van der Waals surface area contributed by atoms with Crippen LogP contribution in [0.4, 0.5) is 11.4 Å². The molecule has 3 fully saturated rings. The van der Waals surface area contributed by atoms with Crippen molar-refractivity contribution in [3.63, 3.8) is 0 Å². The number of likely N-dealkylation sites (tertiary alicyclic amines) is 1. The van der Waals surface area contributed by atoms with E-state index in [-0.39, 0.29) is 23.7 Å². The Morgan fingerprint density at radius 1 is 1.07 bits per heavy atom. The van der Waals surface area contributed by atoms with Gasteiger partial charge in [0.1, 0.15) is 0 Å². The molecular formula is C20H26BrN3O3. The highest BCUT2D eigenvalue weighted by atomic mass is 79.9. The van der Waals surface area contributed by atoms with Crippen molar-refractivity contribution in [2.45, 2.75) is 25.7 Å². The predicted molar refractivity (Wildman–Crippen MR) is 108 cm³/mol. The minimum Gasteiger partial charge on any atom is -0.378 e. The molecule has 1 N–H and O–H groups in total. The third-order valence-corrected chi connectivity index (χ3v) is 6.09. The number of hydrogen-bond donors (Lipinski definition) is 1. The lowest BCUT2D eigenvalue weighted by Gasteiger charge is -2.33. The molecule has 1 aromatic rings. The van der Waals surface area contributed by atoms with E-state index in [1.807, 2.05) is 23.1 Å². The summed E-state index contributed by atoms with van der Waals surface area (Å²) >= 11 is 3.51. The Kier molecular flexibility index (Phi) is 5.68. The number of amides is 2. The molecule has 1 atom stereocenters. The predicted octanol–water partition coefficient (Wildman–Crippen LogP) is 2.87. The fourth-order valence-corrected chi connectivity index (χ4v) is 4.26. The first kappa shape index (κ1) is 18.7. The van der Waals surface area contributed by atoms with Crippen molar-refractivity contribution >= 4 is 39.1 Å². The molecule has 1 aliphatic carbocycles. The van der Waals surface area contributed by atoms with E-state index in [0.29, 0.717) is 19.8 Å². The zero-order valence-corrected chi connectivity index (χ0v) is 17.0. The van der Waals surface area contributed by atoms with Crippen molar-refractivity contribution in [3.8, 4) is 0 Å². The molecule has 1 unspecified atom stereocenters. The SMILES string of the molecule is O=C(Nc1cc(Br)ccc1N1CCOCC1)C1CCCN(C(=O)C2CC2)C1. The van der Waals surface area contributed by atoms with Gasteiger partial charge in [-0.15, -0.1) is 0 Å². The van der Waals surface area contributed by atoms with Crippen LogP contribution in [0.1, 0.15) is 25.7 Å². The van der Waals surface area contributed by atoms with E-state index in [4.69, 9.17) is 4.74 Å². The van der Waals surface area contributed by atoms with E-state index >= 15 is 0 Å². The van der Waals surface area contributed by atoms with Gasteiger partial charge in [0.2, 0.25) is 11.8 Å². The smallest absolute Gasteiger partial charge is 0.229 e. The number of nitrogens with zero attached hydrogens (tertiary/aromatic N) is 2. The second-order valence-electron chi connectivity index (χ2n) is 7.65. The molecule has 27 heavy (non-hydrogen) atoms. The largest absolute Gasteiger partial charge is 0.378 e. The Bertz CT molecular complexity index is 716. The van der Waals surface area contributed by atoms with Crippen molar-refractivity contribution < 1.29 is 14.3 Å². The number of carbonyl (C=O) groups is 2. The summed E-state index contributed by atoms with van der Waals surface area (Å²) in [5.41, 5.74) is 1.85. The van der Waals surface area contributed by atoms with E-state index < -0.39 is 0 Å². The number of halogens is 1. The molecule has 2 heterocycles. The molecule has 1 aromatic carbocycles. The lowest BCUT2D eigenvalue weighted by Crippen LogP contribution is -2.44. The molecule has 0 radical (unpaired) electrons. The summed E-state index contributed by atoms with van der Waals surface area (Å²) in [7, 11) is 0. The maximum absolute atomic E-state index is 13.0. The highest BCUT2D eigenvalue weighted by Gasteiger charge is 2.36. The van der Waals surface area contributed by atoms with E-state index in [1.165, 1.54) is 0 Å². The molecule has 1 saturated carbocycles. The number of piperidine rings is 1. The molecule has 4 rings (SSSR count). The summed E-state index contributed by atoms with van der Waals surface area (Å²) in [5, 5.41) is 3.13. The first-order chi connectivity index (χ1) is 13.1. The van der Waals surface area contributed by atoms with Crippen molar-refractivity contribution in [2.75, 3.05) is 49.6 Å². The van der Waals surface area contributed by atoms with Gasteiger partial charge in [-0.1, -0.05) is 15.9 Å². The van der Waals surface area contributed by atoms with Crippen LogP contribution in [0.2, 0.25) is 0 Å². The van der Waals surface area contributed by atoms with Gasteiger partial charge in [-0.3, -0.25) is 9.59 Å². The summed E-state index contributed by atoms with van der Waals surface area (Å²) in [6.07, 6.45) is 3.74. The topological polar surface area (TPSA) is 61.9 Å². The van der Waals surface area contributed by atoms with Gasteiger partial charge in [0.05, 0.1) is 30.5 Å². The Labute approximate surface area is 168 Å². The lowest BCUT2D eigenvalue weighted by molar-refractivity contribution is -0.135. The van der Waals surface area contributed by atoms with Crippen LogP contribution in [-0.2, 0) is 14.3 Å². The average molecular weight is 436 g/mol. The van der Waals surface area contributed by atoms with Crippen LogP contribution >= 0.6 is 15.9 Å². The highest BCUT2D eigenvalue weighted by molar-refractivity contribution is 9.10. The van der Waals surface area contributed by atoms with Gasteiger partial charge in [0.15, 0.2) is 0 Å². The highest BCUT2D eigenvalue weighted by Crippen LogP contribution is 2.34. The molecule has 0 spiro atoms.